The Morgan fingerprint density at radius 2 is 1.84 bits per heavy atom. The number of hydrogen-bond donors (Lipinski definition) is 1. The lowest BCUT2D eigenvalue weighted by Gasteiger charge is -2.34. The Bertz CT molecular complexity index is 452. The maximum absolute atomic E-state index is 13.8. The van der Waals surface area contributed by atoms with Gasteiger partial charge in [0.25, 0.3) is 0 Å². The first-order valence-corrected chi connectivity index (χ1v) is 6.07. The maximum Gasteiger partial charge on any atom is 0.419 e. The van der Waals surface area contributed by atoms with Gasteiger partial charge in [0.15, 0.2) is 11.6 Å². The van der Waals surface area contributed by atoms with Gasteiger partial charge >= 0.3 is 6.18 Å². The molecule has 0 bridgehead atoms. The third-order valence-electron chi connectivity index (χ3n) is 3.29. The fraction of sp³-hybridized carbons (Fsp3) is 0.538. The van der Waals surface area contributed by atoms with E-state index in [-0.39, 0.29) is 5.75 Å². The van der Waals surface area contributed by atoms with E-state index in [1.807, 2.05) is 0 Å². The monoisotopic (exact) mass is 277 g/mol. The summed E-state index contributed by atoms with van der Waals surface area (Å²) in [5, 5.41) is 3.12. The van der Waals surface area contributed by atoms with E-state index in [0.717, 1.165) is 6.07 Å². The number of piperidine rings is 1. The first-order valence-electron chi connectivity index (χ1n) is 6.07. The number of halogens is 4. The molecule has 1 aromatic carbocycles. The summed E-state index contributed by atoms with van der Waals surface area (Å²) in [6.45, 7) is 3.20. The van der Waals surface area contributed by atoms with Crippen molar-refractivity contribution >= 4 is 0 Å². The second-order valence-electron chi connectivity index (χ2n) is 4.92. The van der Waals surface area contributed by atoms with Crippen molar-refractivity contribution in [1.82, 2.24) is 5.32 Å². The molecule has 2 nitrogen and oxygen atoms in total. The standard InChI is InChI=1S/C13H15F4NO/c1-12(5-7-18-8-6-12)19-10-4-2-3-9(11(10)14)13(15,16)17/h2-4,18H,5-8H2,1H3. The fourth-order valence-corrected chi connectivity index (χ4v) is 2.13. The number of rotatable bonds is 2. The van der Waals surface area contributed by atoms with Crippen molar-refractivity contribution in [3.05, 3.63) is 29.6 Å². The summed E-state index contributed by atoms with van der Waals surface area (Å²) < 4.78 is 57.1. The van der Waals surface area contributed by atoms with Crippen LogP contribution in [0.2, 0.25) is 0 Å². The quantitative estimate of drug-likeness (QED) is 0.837. The van der Waals surface area contributed by atoms with Crippen LogP contribution >= 0.6 is 0 Å². The molecule has 0 amide bonds. The topological polar surface area (TPSA) is 21.3 Å². The third kappa shape index (κ3) is 3.18. The molecule has 0 radical (unpaired) electrons. The van der Waals surface area contributed by atoms with E-state index in [2.05, 4.69) is 5.32 Å². The van der Waals surface area contributed by atoms with E-state index >= 15 is 0 Å². The number of alkyl halides is 3. The van der Waals surface area contributed by atoms with Crippen molar-refractivity contribution in [2.45, 2.75) is 31.5 Å². The van der Waals surface area contributed by atoms with Crippen LogP contribution in [0.25, 0.3) is 0 Å². The molecule has 0 saturated carbocycles. The molecule has 1 saturated heterocycles. The predicted octanol–water partition coefficient (Wildman–Crippen LogP) is 3.37. The normalized spacial score (nSPS) is 19.2. The van der Waals surface area contributed by atoms with Gasteiger partial charge in [-0.3, -0.25) is 0 Å². The molecule has 1 aromatic rings. The average Bonchev–Trinajstić information content (AvgIpc) is 2.31. The summed E-state index contributed by atoms with van der Waals surface area (Å²) in [7, 11) is 0. The second-order valence-corrected chi connectivity index (χ2v) is 4.92. The Balaban J connectivity index is 2.26. The van der Waals surface area contributed by atoms with Gasteiger partial charge in [-0.2, -0.15) is 13.2 Å². The highest BCUT2D eigenvalue weighted by molar-refractivity contribution is 5.33. The molecule has 0 spiro atoms. The lowest BCUT2D eigenvalue weighted by Crippen LogP contribution is -2.44. The van der Waals surface area contributed by atoms with Crippen molar-refractivity contribution in [2.24, 2.45) is 0 Å². The molecule has 1 N–H and O–H groups in total. The molecule has 0 aromatic heterocycles. The van der Waals surface area contributed by atoms with Gasteiger partial charge in [-0.1, -0.05) is 6.07 Å². The van der Waals surface area contributed by atoms with Gasteiger partial charge in [0, 0.05) is 0 Å². The highest BCUT2D eigenvalue weighted by Crippen LogP contribution is 2.36. The summed E-state index contributed by atoms with van der Waals surface area (Å²) >= 11 is 0. The number of hydrogen-bond acceptors (Lipinski definition) is 2. The van der Waals surface area contributed by atoms with Gasteiger partial charge in [0.05, 0.1) is 5.56 Å². The second kappa shape index (κ2) is 5.00. The van der Waals surface area contributed by atoms with E-state index in [0.29, 0.717) is 32.0 Å². The molecule has 106 valence electrons. The largest absolute Gasteiger partial charge is 0.484 e. The van der Waals surface area contributed by atoms with Crippen LogP contribution in [0.4, 0.5) is 17.6 Å². The smallest absolute Gasteiger partial charge is 0.419 e. The summed E-state index contributed by atoms with van der Waals surface area (Å²) in [5.41, 5.74) is -1.92. The van der Waals surface area contributed by atoms with Crippen LogP contribution in [0, 0.1) is 5.82 Å². The minimum absolute atomic E-state index is 0.334. The lowest BCUT2D eigenvalue weighted by molar-refractivity contribution is -0.140. The van der Waals surface area contributed by atoms with Crippen molar-refractivity contribution in [3.8, 4) is 5.75 Å². The Hall–Kier alpha value is -1.30. The Morgan fingerprint density at radius 1 is 1.21 bits per heavy atom. The zero-order valence-corrected chi connectivity index (χ0v) is 10.5. The summed E-state index contributed by atoms with van der Waals surface area (Å²) in [6, 6.07) is 3.11. The summed E-state index contributed by atoms with van der Waals surface area (Å²) in [6.07, 6.45) is -3.45. The van der Waals surface area contributed by atoms with Crippen LogP contribution in [-0.4, -0.2) is 18.7 Å². The number of ether oxygens (including phenoxy) is 1. The molecular formula is C13H15F4NO. The van der Waals surface area contributed by atoms with Gasteiger partial charge in [-0.15, -0.1) is 0 Å². The predicted molar refractivity (Wildman–Crippen MR) is 62.5 cm³/mol. The fourth-order valence-electron chi connectivity index (χ4n) is 2.13. The molecule has 2 rings (SSSR count). The van der Waals surface area contributed by atoms with Crippen LogP contribution in [-0.2, 0) is 6.18 Å². The third-order valence-corrected chi connectivity index (χ3v) is 3.29. The lowest BCUT2D eigenvalue weighted by atomic mass is 9.94. The molecule has 1 aliphatic heterocycles. The molecule has 6 heteroatoms. The van der Waals surface area contributed by atoms with E-state index in [4.69, 9.17) is 4.74 Å². The summed E-state index contributed by atoms with van der Waals surface area (Å²) in [4.78, 5) is 0. The zero-order chi connectivity index (χ0) is 14.1. The zero-order valence-electron chi connectivity index (χ0n) is 10.5. The maximum atomic E-state index is 13.8. The Kier molecular flexibility index (Phi) is 3.71. The first kappa shape index (κ1) is 14.1. The number of benzene rings is 1. The molecular weight excluding hydrogens is 262 g/mol. The van der Waals surface area contributed by atoms with E-state index in [9.17, 15) is 17.6 Å². The van der Waals surface area contributed by atoms with Crippen molar-refractivity contribution in [1.29, 1.82) is 0 Å². The van der Waals surface area contributed by atoms with Crippen LogP contribution in [0.15, 0.2) is 18.2 Å². The van der Waals surface area contributed by atoms with Gasteiger partial charge in [0.2, 0.25) is 0 Å². The highest BCUT2D eigenvalue weighted by atomic mass is 19.4. The summed E-state index contributed by atoms with van der Waals surface area (Å²) in [5.74, 6) is -1.67. The first-order chi connectivity index (χ1) is 8.82. The van der Waals surface area contributed by atoms with Crippen molar-refractivity contribution in [2.75, 3.05) is 13.1 Å². The van der Waals surface area contributed by atoms with Gasteiger partial charge in [-0.25, -0.2) is 4.39 Å². The molecule has 1 heterocycles. The van der Waals surface area contributed by atoms with Gasteiger partial charge in [0.1, 0.15) is 5.60 Å². The SMILES string of the molecule is CC1(Oc2cccc(C(F)(F)F)c2F)CCNCC1. The van der Waals surface area contributed by atoms with E-state index in [1.54, 1.807) is 6.92 Å². The molecule has 1 aliphatic rings. The van der Waals surface area contributed by atoms with Crippen molar-refractivity contribution in [3.63, 3.8) is 0 Å². The minimum Gasteiger partial charge on any atom is -0.484 e. The molecule has 1 fully saturated rings. The molecule has 0 atom stereocenters. The van der Waals surface area contributed by atoms with Crippen LogP contribution in [0.5, 0.6) is 5.75 Å². The molecule has 0 aliphatic carbocycles. The van der Waals surface area contributed by atoms with Crippen LogP contribution < -0.4 is 10.1 Å². The average molecular weight is 277 g/mol. The Labute approximate surface area is 108 Å². The van der Waals surface area contributed by atoms with Crippen LogP contribution in [0.3, 0.4) is 0 Å². The molecule has 0 unspecified atom stereocenters. The number of nitrogens with one attached hydrogen (secondary N) is 1. The van der Waals surface area contributed by atoms with Crippen LogP contribution in [0.1, 0.15) is 25.3 Å². The van der Waals surface area contributed by atoms with Gasteiger partial charge in [-0.05, 0) is 45.0 Å². The van der Waals surface area contributed by atoms with E-state index < -0.39 is 23.2 Å². The highest BCUT2D eigenvalue weighted by Gasteiger charge is 2.37. The molecule has 19 heavy (non-hydrogen) atoms. The minimum atomic E-state index is -4.71. The van der Waals surface area contributed by atoms with E-state index in [1.165, 1.54) is 6.07 Å². The van der Waals surface area contributed by atoms with Gasteiger partial charge < -0.3 is 10.1 Å². The Morgan fingerprint density at radius 3 is 2.42 bits per heavy atom. The van der Waals surface area contributed by atoms with Crippen molar-refractivity contribution < 1.29 is 22.3 Å².